The van der Waals surface area contributed by atoms with Crippen molar-refractivity contribution in [2.24, 2.45) is 0 Å². The van der Waals surface area contributed by atoms with Gasteiger partial charge in [0.05, 0.1) is 5.56 Å². The van der Waals surface area contributed by atoms with Gasteiger partial charge in [0.1, 0.15) is 10.6 Å². The lowest BCUT2D eigenvalue weighted by Crippen LogP contribution is -2.25. The summed E-state index contributed by atoms with van der Waals surface area (Å²) in [6.07, 6.45) is 2.76. The number of aryl methyl sites for hydroxylation is 1. The molecule has 0 radical (unpaired) electrons. The second kappa shape index (κ2) is 7.48. The molecule has 2 amide bonds. The molecule has 0 saturated heterocycles. The average Bonchev–Trinajstić information content (AvgIpc) is 3.07. The van der Waals surface area contributed by atoms with Crippen LogP contribution in [0, 0.1) is 0 Å². The van der Waals surface area contributed by atoms with E-state index in [2.05, 4.69) is 22.7 Å². The van der Waals surface area contributed by atoms with E-state index in [4.69, 9.17) is 4.74 Å². The fourth-order valence-corrected chi connectivity index (χ4v) is 2.70. The Morgan fingerprint density at radius 3 is 2.71 bits per heavy atom. The Bertz CT molecular complexity index is 715. The number of hydrogen-bond donors (Lipinski definition) is 2. The van der Waals surface area contributed by atoms with E-state index in [-0.39, 0.29) is 0 Å². The molecule has 2 N–H and O–H groups in total. The Hall–Kier alpha value is -2.35. The van der Waals surface area contributed by atoms with Crippen LogP contribution < -0.4 is 10.6 Å². The fraction of sp³-hybridized carbons (Fsp3) is 0.438. The van der Waals surface area contributed by atoms with Crippen molar-refractivity contribution in [1.29, 1.82) is 0 Å². The van der Waals surface area contributed by atoms with Gasteiger partial charge in [0, 0.05) is 18.8 Å². The molecule has 7 nitrogen and oxygen atoms in total. The predicted octanol–water partition coefficient (Wildman–Crippen LogP) is 3.95. The zero-order valence-corrected chi connectivity index (χ0v) is 15.1. The minimum Gasteiger partial charge on any atom is -0.456 e. The van der Waals surface area contributed by atoms with Crippen LogP contribution in [-0.2, 0) is 11.3 Å². The molecule has 0 atom stereocenters. The van der Waals surface area contributed by atoms with Gasteiger partial charge < -0.3 is 4.74 Å². The number of esters is 1. The van der Waals surface area contributed by atoms with Crippen LogP contribution in [0.3, 0.4) is 0 Å². The third-order valence-electron chi connectivity index (χ3n) is 2.85. The molecule has 0 aliphatic rings. The number of thiophene rings is 1. The van der Waals surface area contributed by atoms with E-state index in [1.54, 1.807) is 49.2 Å². The summed E-state index contributed by atoms with van der Waals surface area (Å²) in [6.45, 7) is 8.23. The summed E-state index contributed by atoms with van der Waals surface area (Å²) in [4.78, 5) is 24.2. The van der Waals surface area contributed by atoms with Crippen LogP contribution in [0.1, 0.15) is 44.5 Å². The highest BCUT2D eigenvalue weighted by atomic mass is 32.1. The first-order valence-electron chi connectivity index (χ1n) is 7.71. The monoisotopic (exact) mass is 350 g/mol. The maximum absolute atomic E-state index is 12.2. The number of ether oxygens (including phenoxy) is 1. The van der Waals surface area contributed by atoms with Gasteiger partial charge in [-0.2, -0.15) is 5.10 Å². The van der Waals surface area contributed by atoms with Crippen molar-refractivity contribution in [2.75, 3.05) is 10.6 Å². The number of nitrogens with zero attached hydrogens (tertiary/aromatic N) is 2. The van der Waals surface area contributed by atoms with E-state index in [9.17, 15) is 9.59 Å². The van der Waals surface area contributed by atoms with Gasteiger partial charge in [-0.15, -0.1) is 11.3 Å². The summed E-state index contributed by atoms with van der Waals surface area (Å²) in [5, 5.41) is 11.7. The molecule has 2 aromatic rings. The molecule has 0 bridgehead atoms. The summed E-state index contributed by atoms with van der Waals surface area (Å²) in [5.74, 6) is -0.0115. The molecule has 0 spiro atoms. The lowest BCUT2D eigenvalue weighted by atomic mass is 10.2. The van der Waals surface area contributed by atoms with E-state index in [0.29, 0.717) is 16.4 Å². The molecule has 2 aromatic heterocycles. The molecule has 0 aliphatic heterocycles. The van der Waals surface area contributed by atoms with E-state index in [1.165, 1.54) is 11.3 Å². The normalized spacial score (nSPS) is 11.2. The Balaban J connectivity index is 1.99. The van der Waals surface area contributed by atoms with E-state index in [1.807, 2.05) is 0 Å². The van der Waals surface area contributed by atoms with Gasteiger partial charge in [-0.05, 0) is 38.6 Å². The summed E-state index contributed by atoms with van der Waals surface area (Å²) in [5.41, 5.74) is -0.258. The van der Waals surface area contributed by atoms with Crippen LogP contribution in [0.5, 0.6) is 0 Å². The molecule has 2 heterocycles. The van der Waals surface area contributed by atoms with Crippen LogP contribution >= 0.6 is 11.3 Å². The highest BCUT2D eigenvalue weighted by Crippen LogP contribution is 2.25. The SMILES string of the molecule is CCCn1ccc(NC(=O)Nc2sccc2C(=O)OC(C)(C)C)n1. The molecule has 0 saturated carbocycles. The van der Waals surface area contributed by atoms with E-state index in [0.717, 1.165) is 13.0 Å². The summed E-state index contributed by atoms with van der Waals surface area (Å²) in [7, 11) is 0. The first-order valence-corrected chi connectivity index (χ1v) is 8.59. The molecule has 130 valence electrons. The Labute approximate surface area is 145 Å². The van der Waals surface area contributed by atoms with Gasteiger partial charge in [0.15, 0.2) is 5.82 Å². The highest BCUT2D eigenvalue weighted by Gasteiger charge is 2.22. The molecule has 0 fully saturated rings. The maximum Gasteiger partial charge on any atom is 0.341 e. The van der Waals surface area contributed by atoms with Gasteiger partial charge in [0.2, 0.25) is 0 Å². The van der Waals surface area contributed by atoms with Gasteiger partial charge in [-0.1, -0.05) is 6.92 Å². The van der Waals surface area contributed by atoms with Crippen molar-refractivity contribution < 1.29 is 14.3 Å². The van der Waals surface area contributed by atoms with E-state index >= 15 is 0 Å². The quantitative estimate of drug-likeness (QED) is 0.800. The first-order chi connectivity index (χ1) is 11.3. The fourth-order valence-electron chi connectivity index (χ4n) is 1.93. The lowest BCUT2D eigenvalue weighted by molar-refractivity contribution is 0.00713. The van der Waals surface area contributed by atoms with Gasteiger partial charge >= 0.3 is 12.0 Å². The molecular formula is C16H22N4O3S. The Morgan fingerprint density at radius 1 is 1.29 bits per heavy atom. The van der Waals surface area contributed by atoms with Gasteiger partial charge in [-0.25, -0.2) is 9.59 Å². The number of amides is 2. The number of anilines is 2. The Morgan fingerprint density at radius 2 is 2.04 bits per heavy atom. The van der Waals surface area contributed by atoms with Crippen molar-refractivity contribution in [2.45, 2.75) is 46.3 Å². The highest BCUT2D eigenvalue weighted by molar-refractivity contribution is 7.14. The number of carbonyl (C=O) groups is 2. The average molecular weight is 350 g/mol. The molecule has 24 heavy (non-hydrogen) atoms. The smallest absolute Gasteiger partial charge is 0.341 e. The topological polar surface area (TPSA) is 85.2 Å². The molecule has 0 unspecified atom stereocenters. The zero-order chi connectivity index (χ0) is 17.7. The first kappa shape index (κ1) is 18.0. The summed E-state index contributed by atoms with van der Waals surface area (Å²) in [6, 6.07) is 2.90. The third kappa shape index (κ3) is 5.09. The van der Waals surface area contributed by atoms with E-state index < -0.39 is 17.6 Å². The van der Waals surface area contributed by atoms with Crippen LogP contribution in [0.2, 0.25) is 0 Å². The molecule has 2 rings (SSSR count). The zero-order valence-electron chi connectivity index (χ0n) is 14.3. The number of hydrogen-bond acceptors (Lipinski definition) is 5. The van der Waals surface area contributed by atoms with Gasteiger partial charge in [0.25, 0.3) is 0 Å². The molecule has 8 heteroatoms. The van der Waals surface area contributed by atoms with Gasteiger partial charge in [-0.3, -0.25) is 15.3 Å². The van der Waals surface area contributed by atoms with Crippen molar-refractivity contribution in [3.05, 3.63) is 29.3 Å². The largest absolute Gasteiger partial charge is 0.456 e. The number of rotatable bonds is 5. The van der Waals surface area contributed by atoms with Crippen molar-refractivity contribution in [3.8, 4) is 0 Å². The summed E-state index contributed by atoms with van der Waals surface area (Å²) >= 11 is 1.26. The summed E-state index contributed by atoms with van der Waals surface area (Å²) < 4.78 is 7.09. The number of urea groups is 1. The number of nitrogens with one attached hydrogen (secondary N) is 2. The van der Waals surface area contributed by atoms with Crippen LogP contribution in [0.15, 0.2) is 23.7 Å². The van der Waals surface area contributed by atoms with Crippen molar-refractivity contribution >= 4 is 34.2 Å². The second-order valence-corrected chi connectivity index (χ2v) is 7.12. The Kier molecular flexibility index (Phi) is 5.61. The number of aromatic nitrogens is 2. The second-order valence-electron chi connectivity index (χ2n) is 6.21. The molecule has 0 aromatic carbocycles. The standard InChI is InChI=1S/C16H22N4O3S/c1-5-8-20-9-6-12(19-20)17-15(22)18-13-11(7-10-24-13)14(21)23-16(2,3)4/h6-7,9-10H,5,8H2,1-4H3,(H2,17,18,19,22). The molecule has 0 aliphatic carbocycles. The van der Waals surface area contributed by atoms with Crippen molar-refractivity contribution in [3.63, 3.8) is 0 Å². The number of carbonyl (C=O) groups excluding carboxylic acids is 2. The lowest BCUT2D eigenvalue weighted by Gasteiger charge is -2.19. The molecular weight excluding hydrogens is 328 g/mol. The minimum atomic E-state index is -0.593. The van der Waals surface area contributed by atoms with Crippen molar-refractivity contribution in [1.82, 2.24) is 9.78 Å². The van der Waals surface area contributed by atoms with Crippen LogP contribution in [0.4, 0.5) is 15.6 Å². The van der Waals surface area contributed by atoms with Crippen LogP contribution in [-0.4, -0.2) is 27.4 Å². The van der Waals surface area contributed by atoms with Crippen LogP contribution in [0.25, 0.3) is 0 Å². The third-order valence-corrected chi connectivity index (χ3v) is 3.68. The predicted molar refractivity (Wildman–Crippen MR) is 94.6 cm³/mol. The minimum absolute atomic E-state index is 0.335. The maximum atomic E-state index is 12.2.